The smallest absolute Gasteiger partial charge is 0.277 e. The van der Waals surface area contributed by atoms with Crippen molar-refractivity contribution in [3.05, 3.63) is 72.7 Å². The Labute approximate surface area is 132 Å². The van der Waals surface area contributed by atoms with Gasteiger partial charge in [-0.3, -0.25) is 15.0 Å². The molecule has 0 heterocycles. The van der Waals surface area contributed by atoms with Gasteiger partial charge in [0.1, 0.15) is 5.82 Å². The van der Waals surface area contributed by atoms with E-state index < -0.39 is 23.2 Å². The van der Waals surface area contributed by atoms with Crippen molar-refractivity contribution in [3.63, 3.8) is 0 Å². The van der Waals surface area contributed by atoms with E-state index in [1.54, 1.807) is 12.1 Å². The summed E-state index contributed by atoms with van der Waals surface area (Å²) in [6.07, 6.45) is 2.40. The van der Waals surface area contributed by atoms with Gasteiger partial charge in [0.05, 0.1) is 5.69 Å². The van der Waals surface area contributed by atoms with Gasteiger partial charge in [-0.25, -0.2) is 4.39 Å². The molecule has 23 heavy (non-hydrogen) atoms. The molecule has 0 spiro atoms. The first-order chi connectivity index (χ1) is 11.1. The summed E-state index contributed by atoms with van der Waals surface area (Å²) in [6.45, 7) is 0. The number of nitrogens with one attached hydrogen (secondary N) is 3. The molecular weight excluding hydrogens is 297 g/mol. The lowest BCUT2D eigenvalue weighted by atomic mass is 10.2. The lowest BCUT2D eigenvalue weighted by molar-refractivity contribution is -0.113. The van der Waals surface area contributed by atoms with Crippen LogP contribution in [-0.4, -0.2) is 17.4 Å². The maximum atomic E-state index is 13.4. The molecule has 1 amide bonds. The molecule has 0 aliphatic rings. The maximum absolute atomic E-state index is 13.4. The first kappa shape index (κ1) is 16.1. The van der Waals surface area contributed by atoms with Gasteiger partial charge in [0.15, 0.2) is 5.71 Å². The molecule has 0 radical (unpaired) electrons. The number of carbonyl (C=O) groups excluding carboxylic acids is 2. The largest absolute Gasteiger partial charge is 0.362 e. The molecule has 3 N–H and O–H groups in total. The van der Waals surface area contributed by atoms with Gasteiger partial charge >= 0.3 is 0 Å². The number of hydrogen-bond donors (Lipinski definition) is 3. The number of carbonyl (C=O) groups is 2. The van der Waals surface area contributed by atoms with Crippen molar-refractivity contribution in [2.45, 2.75) is 0 Å². The predicted octanol–water partition coefficient (Wildman–Crippen LogP) is 2.98. The normalized spacial score (nSPS) is 10.3. The Bertz CT molecular complexity index is 757. The summed E-state index contributed by atoms with van der Waals surface area (Å²) in [4.78, 5) is 23.5. The SMILES string of the molecule is N=C(C(=O)/C=C\Nc1ccccc1)C(=O)Nc1ccccc1F. The van der Waals surface area contributed by atoms with Crippen molar-refractivity contribution in [1.82, 2.24) is 0 Å². The zero-order valence-corrected chi connectivity index (χ0v) is 12.0. The van der Waals surface area contributed by atoms with E-state index in [2.05, 4.69) is 10.6 Å². The van der Waals surface area contributed by atoms with E-state index in [1.165, 1.54) is 30.5 Å². The number of rotatable bonds is 6. The Morgan fingerprint density at radius 2 is 1.65 bits per heavy atom. The van der Waals surface area contributed by atoms with Crippen molar-refractivity contribution < 1.29 is 14.0 Å². The van der Waals surface area contributed by atoms with Crippen LogP contribution in [0.5, 0.6) is 0 Å². The minimum Gasteiger partial charge on any atom is -0.362 e. The minimum absolute atomic E-state index is 0.0820. The first-order valence-electron chi connectivity index (χ1n) is 6.75. The van der Waals surface area contributed by atoms with Crippen LogP contribution >= 0.6 is 0 Å². The molecule has 0 atom stereocenters. The quantitative estimate of drug-likeness (QED) is 0.436. The van der Waals surface area contributed by atoms with Gasteiger partial charge in [0.25, 0.3) is 5.91 Å². The summed E-state index contributed by atoms with van der Waals surface area (Å²) in [5, 5.41) is 12.6. The molecule has 2 rings (SSSR count). The summed E-state index contributed by atoms with van der Waals surface area (Å²) in [7, 11) is 0. The maximum Gasteiger partial charge on any atom is 0.277 e. The van der Waals surface area contributed by atoms with Crippen LogP contribution in [0.2, 0.25) is 0 Å². The van der Waals surface area contributed by atoms with Crippen molar-refractivity contribution in [1.29, 1.82) is 5.41 Å². The summed E-state index contributed by atoms with van der Waals surface area (Å²) in [6, 6.07) is 14.6. The van der Waals surface area contributed by atoms with Gasteiger partial charge < -0.3 is 10.6 Å². The Hall–Kier alpha value is -3.28. The van der Waals surface area contributed by atoms with Crippen molar-refractivity contribution >= 4 is 28.8 Å². The third kappa shape index (κ3) is 4.60. The number of ketones is 1. The third-order valence-corrected chi connectivity index (χ3v) is 2.85. The molecule has 116 valence electrons. The second-order valence-corrected chi connectivity index (χ2v) is 4.52. The second-order valence-electron chi connectivity index (χ2n) is 4.52. The number of allylic oxidation sites excluding steroid dienone is 1. The van der Waals surface area contributed by atoms with E-state index in [9.17, 15) is 14.0 Å². The van der Waals surface area contributed by atoms with Crippen molar-refractivity contribution in [2.75, 3.05) is 10.6 Å². The van der Waals surface area contributed by atoms with Gasteiger partial charge in [0, 0.05) is 18.0 Å². The summed E-state index contributed by atoms with van der Waals surface area (Å²) in [5.41, 5.74) is -0.0975. The molecular formula is C17H14FN3O2. The van der Waals surface area contributed by atoms with Crippen LogP contribution in [0, 0.1) is 11.2 Å². The third-order valence-electron chi connectivity index (χ3n) is 2.85. The van der Waals surface area contributed by atoms with Gasteiger partial charge in [-0.05, 0) is 24.3 Å². The lowest BCUT2D eigenvalue weighted by Gasteiger charge is -2.05. The first-order valence-corrected chi connectivity index (χ1v) is 6.75. The minimum atomic E-state index is -0.968. The predicted molar refractivity (Wildman–Crippen MR) is 87.0 cm³/mol. The monoisotopic (exact) mass is 311 g/mol. The van der Waals surface area contributed by atoms with E-state index in [4.69, 9.17) is 5.41 Å². The zero-order chi connectivity index (χ0) is 16.7. The van der Waals surface area contributed by atoms with E-state index >= 15 is 0 Å². The summed E-state index contributed by atoms with van der Waals surface area (Å²) >= 11 is 0. The highest BCUT2D eigenvalue weighted by atomic mass is 19.1. The molecule has 2 aromatic rings. The fourth-order valence-corrected chi connectivity index (χ4v) is 1.69. The van der Waals surface area contributed by atoms with E-state index in [1.807, 2.05) is 18.2 Å². The summed E-state index contributed by atoms with van der Waals surface area (Å²) < 4.78 is 13.4. The molecule has 0 bridgehead atoms. The molecule has 0 saturated carbocycles. The van der Waals surface area contributed by atoms with Crippen LogP contribution in [0.25, 0.3) is 0 Å². The molecule has 0 aliphatic heterocycles. The highest BCUT2D eigenvalue weighted by molar-refractivity contribution is 6.68. The van der Waals surface area contributed by atoms with Gasteiger partial charge in [0.2, 0.25) is 5.78 Å². The average molecular weight is 311 g/mol. The Balaban J connectivity index is 1.93. The average Bonchev–Trinajstić information content (AvgIpc) is 2.57. The van der Waals surface area contributed by atoms with Gasteiger partial charge in [-0.15, -0.1) is 0 Å². The van der Waals surface area contributed by atoms with Crippen molar-refractivity contribution in [3.8, 4) is 0 Å². The van der Waals surface area contributed by atoms with Gasteiger partial charge in [-0.1, -0.05) is 30.3 Å². The number of para-hydroxylation sites is 2. The number of halogens is 1. The zero-order valence-electron chi connectivity index (χ0n) is 12.0. The highest BCUT2D eigenvalue weighted by Crippen LogP contribution is 2.12. The van der Waals surface area contributed by atoms with E-state index in [0.717, 1.165) is 11.8 Å². The molecule has 2 aromatic carbocycles. The molecule has 0 fully saturated rings. The highest BCUT2D eigenvalue weighted by Gasteiger charge is 2.17. The van der Waals surface area contributed by atoms with Crippen LogP contribution in [0.15, 0.2) is 66.9 Å². The second kappa shape index (κ2) is 7.65. The molecule has 5 nitrogen and oxygen atoms in total. The van der Waals surface area contributed by atoms with Gasteiger partial charge in [-0.2, -0.15) is 0 Å². The molecule has 0 saturated heterocycles. The fraction of sp³-hybridized carbons (Fsp3) is 0. The number of anilines is 2. The fourth-order valence-electron chi connectivity index (χ4n) is 1.69. The van der Waals surface area contributed by atoms with Crippen LogP contribution in [0.3, 0.4) is 0 Å². The number of benzene rings is 2. The van der Waals surface area contributed by atoms with E-state index in [-0.39, 0.29) is 5.69 Å². The number of amides is 1. The Morgan fingerprint density at radius 3 is 2.35 bits per heavy atom. The van der Waals surface area contributed by atoms with Crippen LogP contribution in [-0.2, 0) is 9.59 Å². The number of hydrogen-bond acceptors (Lipinski definition) is 4. The van der Waals surface area contributed by atoms with Crippen LogP contribution in [0.4, 0.5) is 15.8 Å². The van der Waals surface area contributed by atoms with Crippen LogP contribution in [0.1, 0.15) is 0 Å². The topological polar surface area (TPSA) is 82.1 Å². The van der Waals surface area contributed by atoms with E-state index in [0.29, 0.717) is 0 Å². The van der Waals surface area contributed by atoms with Crippen LogP contribution < -0.4 is 10.6 Å². The van der Waals surface area contributed by atoms with Crippen molar-refractivity contribution in [2.24, 2.45) is 0 Å². The standard InChI is InChI=1S/C17H14FN3O2/c18-13-8-4-5-9-14(13)21-17(23)16(19)15(22)10-11-20-12-6-2-1-3-7-12/h1-11,19-20H,(H,21,23)/b11-10-,19-16?. The molecule has 0 unspecified atom stereocenters. The lowest BCUT2D eigenvalue weighted by Crippen LogP contribution is -2.28. The Morgan fingerprint density at radius 1 is 1.00 bits per heavy atom. The Kier molecular flexibility index (Phi) is 5.35. The summed E-state index contributed by atoms with van der Waals surface area (Å²) in [5.74, 6) is -2.39. The molecule has 0 aliphatic carbocycles. The molecule has 6 heteroatoms. The molecule has 0 aromatic heterocycles.